The van der Waals surface area contributed by atoms with Crippen LogP contribution in [0.5, 0.6) is 5.75 Å². The number of aromatic nitrogens is 2. The van der Waals surface area contributed by atoms with Crippen molar-refractivity contribution in [1.82, 2.24) is 9.97 Å². The van der Waals surface area contributed by atoms with Gasteiger partial charge in [0.05, 0.1) is 33.8 Å². The summed E-state index contributed by atoms with van der Waals surface area (Å²) in [6, 6.07) is 12.4. The Labute approximate surface area is 218 Å². The normalized spacial score (nSPS) is 12.6. The third-order valence-electron chi connectivity index (χ3n) is 5.56. The minimum Gasteiger partial charge on any atom is -0.489 e. The van der Waals surface area contributed by atoms with E-state index in [1.54, 1.807) is 38.1 Å². The molecule has 1 unspecified atom stereocenters. The highest BCUT2D eigenvalue weighted by Gasteiger charge is 2.23. The summed E-state index contributed by atoms with van der Waals surface area (Å²) in [6.45, 7) is 9.32. The molecule has 0 aliphatic heterocycles. The Morgan fingerprint density at radius 3 is 2.42 bits per heavy atom. The molecule has 0 radical (unpaired) electrons. The number of anilines is 4. The van der Waals surface area contributed by atoms with Gasteiger partial charge in [0.2, 0.25) is 5.95 Å². The van der Waals surface area contributed by atoms with E-state index in [9.17, 15) is 13.5 Å². The molecule has 1 heterocycles. The molecule has 3 aromatic rings. The third kappa shape index (κ3) is 6.66. The van der Waals surface area contributed by atoms with Crippen LogP contribution >= 0.6 is 11.6 Å². The van der Waals surface area contributed by atoms with E-state index in [0.29, 0.717) is 23.5 Å². The van der Waals surface area contributed by atoms with E-state index >= 15 is 0 Å². The van der Waals surface area contributed by atoms with Gasteiger partial charge >= 0.3 is 0 Å². The number of para-hydroxylation sites is 1. The Hall–Kier alpha value is -2.88. The second-order valence-electron chi connectivity index (χ2n) is 9.07. The zero-order chi connectivity index (χ0) is 26.5. The molecule has 3 rings (SSSR count). The second kappa shape index (κ2) is 11.9. The number of halogens is 1. The highest BCUT2D eigenvalue weighted by molar-refractivity contribution is 7.92. The van der Waals surface area contributed by atoms with Crippen LogP contribution in [0, 0.1) is 0 Å². The fourth-order valence-corrected chi connectivity index (χ4v) is 4.84. The van der Waals surface area contributed by atoms with E-state index in [4.69, 9.17) is 16.3 Å². The molecule has 0 amide bonds. The first kappa shape index (κ1) is 27.7. The van der Waals surface area contributed by atoms with E-state index < -0.39 is 15.1 Å². The molecule has 1 aromatic heterocycles. The maximum absolute atomic E-state index is 12.8. The molecule has 8 nitrogen and oxygen atoms in total. The zero-order valence-corrected chi connectivity index (χ0v) is 22.7. The minimum absolute atomic E-state index is 0.0586. The first-order chi connectivity index (χ1) is 17.0. The maximum Gasteiger partial charge on any atom is 0.229 e. The number of rotatable bonds is 11. The predicted molar refractivity (Wildman–Crippen MR) is 145 cm³/mol. The van der Waals surface area contributed by atoms with Crippen molar-refractivity contribution in [3.05, 3.63) is 59.2 Å². The molecular weight excluding hydrogens is 500 g/mol. The molecule has 0 aliphatic rings. The van der Waals surface area contributed by atoms with Gasteiger partial charge in [0, 0.05) is 6.61 Å². The van der Waals surface area contributed by atoms with Crippen molar-refractivity contribution in [1.29, 1.82) is 0 Å². The Morgan fingerprint density at radius 2 is 1.75 bits per heavy atom. The van der Waals surface area contributed by atoms with Crippen LogP contribution in [0.4, 0.5) is 23.1 Å². The quantitative estimate of drug-likeness (QED) is 0.272. The summed E-state index contributed by atoms with van der Waals surface area (Å²) in [6.07, 6.45) is 2.04. The number of hydrogen-bond acceptors (Lipinski definition) is 8. The molecule has 2 aromatic carbocycles. The molecule has 10 heteroatoms. The van der Waals surface area contributed by atoms with Crippen molar-refractivity contribution in [2.24, 2.45) is 0 Å². The van der Waals surface area contributed by atoms with Crippen LogP contribution in [-0.4, -0.2) is 41.5 Å². The fraction of sp³-hybridized carbons (Fsp3) is 0.385. The molecule has 0 bridgehead atoms. The van der Waals surface area contributed by atoms with Crippen molar-refractivity contribution in [2.45, 2.75) is 63.2 Å². The molecule has 0 fully saturated rings. The summed E-state index contributed by atoms with van der Waals surface area (Å²) in [7, 11) is -3.53. The summed E-state index contributed by atoms with van der Waals surface area (Å²) < 4.78 is 31.7. The third-order valence-corrected chi connectivity index (χ3v) is 8.04. The van der Waals surface area contributed by atoms with E-state index in [1.165, 1.54) is 6.20 Å². The van der Waals surface area contributed by atoms with Gasteiger partial charge in [0.25, 0.3) is 0 Å². The first-order valence-corrected chi connectivity index (χ1v) is 13.8. The fourth-order valence-electron chi connectivity index (χ4n) is 3.50. The summed E-state index contributed by atoms with van der Waals surface area (Å²) in [5, 5.41) is 15.2. The molecule has 1 atom stereocenters. The first-order valence-electron chi connectivity index (χ1n) is 11.8. The average molecular weight is 533 g/mol. The summed E-state index contributed by atoms with van der Waals surface area (Å²) in [4.78, 5) is 8.94. The van der Waals surface area contributed by atoms with Crippen LogP contribution in [0.1, 0.15) is 52.5 Å². The maximum atomic E-state index is 12.8. The Kier molecular flexibility index (Phi) is 9.16. The lowest BCUT2D eigenvalue weighted by Gasteiger charge is -2.19. The number of benzene rings is 2. The number of nitrogens with zero attached hydrogens (tertiary/aromatic N) is 2. The van der Waals surface area contributed by atoms with Crippen molar-refractivity contribution in [3.8, 4) is 5.75 Å². The smallest absolute Gasteiger partial charge is 0.229 e. The van der Waals surface area contributed by atoms with Crippen LogP contribution < -0.4 is 15.4 Å². The van der Waals surface area contributed by atoms with Crippen LogP contribution in [0.15, 0.2) is 53.6 Å². The van der Waals surface area contributed by atoms with Gasteiger partial charge in [0.15, 0.2) is 15.7 Å². The van der Waals surface area contributed by atoms with E-state index in [0.717, 1.165) is 5.56 Å². The van der Waals surface area contributed by atoms with Crippen LogP contribution in [0.25, 0.3) is 0 Å². The van der Waals surface area contributed by atoms with Gasteiger partial charge in [-0.25, -0.2) is 13.4 Å². The van der Waals surface area contributed by atoms with Gasteiger partial charge in [-0.15, -0.1) is 0 Å². The number of aliphatic hydroxyl groups excluding tert-OH is 1. The second-order valence-corrected chi connectivity index (χ2v) is 11.9. The Bertz CT molecular complexity index is 1300. The van der Waals surface area contributed by atoms with Crippen LogP contribution in [0.2, 0.25) is 5.02 Å². The Morgan fingerprint density at radius 1 is 1.03 bits per heavy atom. The van der Waals surface area contributed by atoms with E-state index in [2.05, 4.69) is 27.5 Å². The number of nitrogens with one attached hydrogen (secondary N) is 2. The van der Waals surface area contributed by atoms with Gasteiger partial charge in [-0.3, -0.25) is 0 Å². The number of ether oxygens (including phenoxy) is 1. The molecule has 3 N–H and O–H groups in total. The lowest BCUT2D eigenvalue weighted by Crippen LogP contribution is -2.15. The number of sulfone groups is 1. The molecule has 0 saturated carbocycles. The standard InChI is InChI=1S/C26H33ClN4O4S/c1-16(2)35-23-14-19(18(5)12-13-32)10-11-21(23)30-26-28-15-20(27)25(31-26)29-22-8-6-7-9-24(22)36(33,34)17(3)4/h6-11,14-18,32H,12-13H2,1-5H3,(H2,28,29,30,31). The van der Waals surface area contributed by atoms with Gasteiger partial charge in [-0.05, 0) is 69.9 Å². The molecule has 0 saturated heterocycles. The summed E-state index contributed by atoms with van der Waals surface area (Å²) >= 11 is 6.35. The monoisotopic (exact) mass is 532 g/mol. The number of hydrogen-bond donors (Lipinski definition) is 3. The lowest BCUT2D eigenvalue weighted by atomic mass is 9.97. The van der Waals surface area contributed by atoms with Crippen molar-refractivity contribution < 1.29 is 18.3 Å². The minimum atomic E-state index is -3.53. The van der Waals surface area contributed by atoms with Gasteiger partial charge in [-0.1, -0.05) is 36.7 Å². The predicted octanol–water partition coefficient (Wildman–Crippen LogP) is 6.07. The van der Waals surface area contributed by atoms with Crippen molar-refractivity contribution in [2.75, 3.05) is 17.2 Å². The lowest BCUT2D eigenvalue weighted by molar-refractivity contribution is 0.243. The largest absolute Gasteiger partial charge is 0.489 e. The number of aliphatic hydroxyl groups is 1. The van der Waals surface area contributed by atoms with Gasteiger partial charge < -0.3 is 20.5 Å². The zero-order valence-electron chi connectivity index (χ0n) is 21.1. The molecule has 0 spiro atoms. The molecule has 36 heavy (non-hydrogen) atoms. The molecular formula is C26H33ClN4O4S. The van der Waals surface area contributed by atoms with E-state index in [-0.39, 0.29) is 40.3 Å². The molecule has 194 valence electrons. The Balaban J connectivity index is 1.94. The van der Waals surface area contributed by atoms with Crippen molar-refractivity contribution in [3.63, 3.8) is 0 Å². The van der Waals surface area contributed by atoms with Crippen LogP contribution in [0.3, 0.4) is 0 Å². The van der Waals surface area contributed by atoms with Gasteiger partial charge in [-0.2, -0.15) is 4.98 Å². The van der Waals surface area contributed by atoms with Crippen molar-refractivity contribution >= 4 is 44.6 Å². The van der Waals surface area contributed by atoms with E-state index in [1.807, 2.05) is 32.0 Å². The summed E-state index contributed by atoms with van der Waals surface area (Å²) in [5.74, 6) is 1.33. The molecule has 0 aliphatic carbocycles. The topological polar surface area (TPSA) is 113 Å². The SMILES string of the molecule is CC(C)Oc1cc(C(C)CCO)ccc1Nc1ncc(Cl)c(Nc2ccccc2S(=O)(=O)C(C)C)n1. The highest BCUT2D eigenvalue weighted by Crippen LogP contribution is 2.34. The van der Waals surface area contributed by atoms with Crippen LogP contribution in [-0.2, 0) is 9.84 Å². The van der Waals surface area contributed by atoms with Gasteiger partial charge in [0.1, 0.15) is 10.8 Å². The average Bonchev–Trinajstić information content (AvgIpc) is 2.82. The highest BCUT2D eigenvalue weighted by atomic mass is 35.5. The summed E-state index contributed by atoms with van der Waals surface area (Å²) in [5.41, 5.74) is 2.09.